The average molecular weight is 1470 g/mol. The maximum absolute atomic E-state index is 15.3. The first-order chi connectivity index (χ1) is 50.5. The number of nitrogens with two attached hydrogens (primary N) is 2. The van der Waals surface area contributed by atoms with E-state index in [1.54, 1.807) is 113 Å². The van der Waals surface area contributed by atoms with Gasteiger partial charge in [0, 0.05) is 38.8 Å². The van der Waals surface area contributed by atoms with Crippen molar-refractivity contribution >= 4 is 70.9 Å². The van der Waals surface area contributed by atoms with Crippen molar-refractivity contribution in [3.05, 3.63) is 131 Å². The molecule has 0 bridgehead atoms. The van der Waals surface area contributed by atoms with E-state index in [-0.39, 0.29) is 127 Å². The SMILES string of the molecule is CC(C)C[C@@H]1NC(=O)[C@H](CCCN)NC(=O)[C@H](C(C)C)NC(=O)[C@@H](Cc2ccc(O)cc2)NC(=O)[C@@H]2CCCN2C(=O)[C@@H](Cc2ccccc2)NC(=O)[C@H](CC(C)C)NC(=O)[C@H](CCCN)NC(=O)[C@H](C(C)C)NC(=O)[C@@H](Cc2ccc(O)cc2)NC(=O)[C@@H]2CCCN2C(=O)[C@@H](Cc2ccccc2)NC1=O. The molecule has 3 saturated heterocycles. The number of fused-ring (bicyclic) bond motifs is 2. The minimum absolute atomic E-state index is 0.0152. The number of nitrogens with one attached hydrogen (secondary N) is 10. The van der Waals surface area contributed by atoms with Crippen molar-refractivity contribution in [3.8, 4) is 11.5 Å². The molecule has 4 aromatic carbocycles. The molecule has 0 spiro atoms. The van der Waals surface area contributed by atoms with Crippen molar-refractivity contribution in [2.75, 3.05) is 26.2 Å². The predicted octanol–water partition coefficient (Wildman–Crippen LogP) is 2.09. The van der Waals surface area contributed by atoms with Gasteiger partial charge in [-0.25, -0.2) is 0 Å². The van der Waals surface area contributed by atoms with Gasteiger partial charge in [-0.2, -0.15) is 0 Å². The van der Waals surface area contributed by atoms with Crippen LogP contribution >= 0.6 is 0 Å². The van der Waals surface area contributed by atoms with Crippen molar-refractivity contribution in [1.29, 1.82) is 0 Å². The van der Waals surface area contributed by atoms with E-state index in [9.17, 15) is 58.2 Å². The highest BCUT2D eigenvalue weighted by Crippen LogP contribution is 2.25. The van der Waals surface area contributed by atoms with Crippen molar-refractivity contribution in [2.45, 2.75) is 218 Å². The van der Waals surface area contributed by atoms with Crippen molar-refractivity contribution in [3.63, 3.8) is 0 Å². The van der Waals surface area contributed by atoms with Crippen LogP contribution in [0, 0.1) is 23.7 Å². The summed E-state index contributed by atoms with van der Waals surface area (Å²) in [4.78, 5) is 182. The van der Waals surface area contributed by atoms with Gasteiger partial charge in [0.2, 0.25) is 70.9 Å². The predicted molar refractivity (Wildman–Crippen MR) is 398 cm³/mol. The van der Waals surface area contributed by atoms with Crippen molar-refractivity contribution in [2.24, 2.45) is 35.1 Å². The Morgan fingerprint density at radius 3 is 0.953 bits per heavy atom. The molecule has 0 aromatic heterocycles. The minimum atomic E-state index is -1.42. The number of hydrogen-bond donors (Lipinski definition) is 14. The second-order valence-electron chi connectivity index (χ2n) is 29.6. The standard InChI is InChI=1S/C78H110N14O14/c1-45(2)39-57-69(97)87-61(43-49-19-11-9-12-20-49)77(105)91-37-17-25-63(91)73(101)85-60(42-52-29-33-54(94)34-30-52)72(100)90-66(48(7)8)76(104)82-56(24-16-36-80)68(96)84-58(40-46(3)4)70(98)88-62(44-50-21-13-10-14-22-50)78(106)92-38-18-26-64(92)74(102)86-59(41-51-27-31-53(93)32-28-51)71(99)89-65(47(5)6)75(103)81-55(23-15-35-79)67(95)83-57/h9-14,19-22,27-34,45-48,55-66,93-94H,15-18,23-26,35-44,79-80H2,1-8H3,(H,81,103)(H,82,104)(H,83,95)(H,84,96)(H,85,101)(H,86,102)(H,87,97)(H,88,98)(H,89,99)(H,90,100)/t55-,56-,57-,58-,59+,60+,61+,62+,63-,64-,65-,66-/m0/s1. The first kappa shape index (κ1) is 83.3. The average Bonchev–Trinajstić information content (AvgIpc) is 1.52. The molecule has 4 aromatic rings. The summed E-state index contributed by atoms with van der Waals surface area (Å²) in [6.45, 7) is 14.3. The van der Waals surface area contributed by atoms with E-state index in [2.05, 4.69) is 53.2 Å². The lowest BCUT2D eigenvalue weighted by Crippen LogP contribution is -2.62. The first-order valence-electron chi connectivity index (χ1n) is 37.2. The second kappa shape index (κ2) is 40.5. The molecule has 576 valence electrons. The molecule has 3 aliphatic rings. The summed E-state index contributed by atoms with van der Waals surface area (Å²) >= 11 is 0. The van der Waals surface area contributed by atoms with E-state index in [4.69, 9.17) is 11.5 Å². The van der Waals surface area contributed by atoms with E-state index in [0.29, 0.717) is 35.1 Å². The minimum Gasteiger partial charge on any atom is -0.508 e. The van der Waals surface area contributed by atoms with Crippen LogP contribution in [0.4, 0.5) is 0 Å². The molecule has 0 unspecified atom stereocenters. The van der Waals surface area contributed by atoms with E-state index in [0.717, 1.165) is 0 Å². The maximum atomic E-state index is 15.3. The van der Waals surface area contributed by atoms with Gasteiger partial charge in [0.05, 0.1) is 0 Å². The lowest BCUT2D eigenvalue weighted by atomic mass is 9.98. The number of rotatable bonds is 20. The molecule has 3 heterocycles. The Morgan fingerprint density at radius 1 is 0.349 bits per heavy atom. The molecule has 3 aliphatic heterocycles. The summed E-state index contributed by atoms with van der Waals surface area (Å²) in [5, 5.41) is 48.9. The fourth-order valence-corrected chi connectivity index (χ4v) is 13.6. The van der Waals surface area contributed by atoms with Gasteiger partial charge in [0.1, 0.15) is 84.0 Å². The zero-order valence-corrected chi connectivity index (χ0v) is 62.2. The molecule has 7 rings (SSSR count). The highest BCUT2D eigenvalue weighted by molar-refractivity contribution is 6.01. The van der Waals surface area contributed by atoms with Gasteiger partial charge in [-0.3, -0.25) is 57.5 Å². The van der Waals surface area contributed by atoms with Gasteiger partial charge in [-0.15, -0.1) is 0 Å². The van der Waals surface area contributed by atoms with Crippen LogP contribution in [0.1, 0.15) is 142 Å². The number of nitrogens with zero attached hydrogens (tertiary/aromatic N) is 2. The molecule has 0 radical (unpaired) electrons. The van der Waals surface area contributed by atoms with E-state index in [1.807, 2.05) is 27.7 Å². The molecule has 0 aliphatic carbocycles. The number of carbonyl (C=O) groups is 12. The number of phenols is 2. The first-order valence-corrected chi connectivity index (χ1v) is 37.2. The largest absolute Gasteiger partial charge is 0.508 e. The fourth-order valence-electron chi connectivity index (χ4n) is 13.6. The number of carbonyl (C=O) groups excluding carboxylic acids is 12. The zero-order valence-electron chi connectivity index (χ0n) is 62.2. The van der Waals surface area contributed by atoms with Crippen LogP contribution in [-0.4, -0.2) is 190 Å². The van der Waals surface area contributed by atoms with Crippen LogP contribution in [0.2, 0.25) is 0 Å². The van der Waals surface area contributed by atoms with Gasteiger partial charge >= 0.3 is 0 Å². The Labute approximate surface area is 621 Å². The molecule has 3 fully saturated rings. The highest BCUT2D eigenvalue weighted by atomic mass is 16.3. The summed E-state index contributed by atoms with van der Waals surface area (Å²) in [6, 6.07) is 13.7. The van der Waals surface area contributed by atoms with Gasteiger partial charge in [0.25, 0.3) is 0 Å². The zero-order chi connectivity index (χ0) is 77.3. The summed E-state index contributed by atoms with van der Waals surface area (Å²) in [5.74, 6) is -10.9. The van der Waals surface area contributed by atoms with Crippen LogP contribution in [0.15, 0.2) is 109 Å². The van der Waals surface area contributed by atoms with Crippen LogP contribution in [0.25, 0.3) is 0 Å². The Morgan fingerprint density at radius 2 is 0.632 bits per heavy atom. The Kier molecular flexibility index (Phi) is 31.8. The van der Waals surface area contributed by atoms with Crippen LogP contribution < -0.4 is 64.6 Å². The summed E-state index contributed by atoms with van der Waals surface area (Å²) in [7, 11) is 0. The number of benzene rings is 4. The third-order valence-corrected chi connectivity index (χ3v) is 19.3. The van der Waals surface area contributed by atoms with Gasteiger partial charge in [0.15, 0.2) is 0 Å². The molecule has 106 heavy (non-hydrogen) atoms. The maximum Gasteiger partial charge on any atom is 0.246 e. The van der Waals surface area contributed by atoms with E-state index in [1.165, 1.54) is 34.1 Å². The third kappa shape index (κ3) is 24.6. The van der Waals surface area contributed by atoms with Crippen LogP contribution in [0.5, 0.6) is 11.5 Å². The quantitative estimate of drug-likeness (QED) is 0.0602. The third-order valence-electron chi connectivity index (χ3n) is 19.3. The molecule has 0 saturated carbocycles. The van der Waals surface area contributed by atoms with Crippen molar-refractivity contribution in [1.82, 2.24) is 63.0 Å². The summed E-state index contributed by atoms with van der Waals surface area (Å²) < 4.78 is 0. The number of phenolic OH excluding ortho intramolecular Hbond substituents is 2. The van der Waals surface area contributed by atoms with Gasteiger partial charge < -0.3 is 84.6 Å². The number of aromatic hydroxyl groups is 2. The number of hydrogen-bond acceptors (Lipinski definition) is 16. The normalized spacial score (nSPS) is 25.2. The molecule has 12 atom stereocenters. The molecule has 28 heteroatoms. The smallest absolute Gasteiger partial charge is 0.246 e. The molecular weight excluding hydrogens is 1360 g/mol. The Balaban J connectivity index is 1.30. The topological polar surface area (TPSA) is 424 Å². The van der Waals surface area contributed by atoms with Gasteiger partial charge in [-0.1, -0.05) is 140 Å². The van der Waals surface area contributed by atoms with E-state index >= 15 is 9.59 Å². The summed E-state index contributed by atoms with van der Waals surface area (Å²) in [6.07, 6.45) is 1.06. The molecule has 12 amide bonds. The lowest BCUT2D eigenvalue weighted by Gasteiger charge is -2.32. The monoisotopic (exact) mass is 1470 g/mol. The lowest BCUT2D eigenvalue weighted by molar-refractivity contribution is -0.143. The van der Waals surface area contributed by atoms with E-state index < -0.39 is 155 Å². The van der Waals surface area contributed by atoms with Crippen LogP contribution in [-0.2, 0) is 83.2 Å². The Bertz CT molecular complexity index is 3400. The molecular formula is C78H110N14O14. The van der Waals surface area contributed by atoms with Crippen molar-refractivity contribution < 1.29 is 67.7 Å². The number of amides is 12. The van der Waals surface area contributed by atoms with Crippen LogP contribution in [0.3, 0.4) is 0 Å². The fraction of sp³-hybridized carbons (Fsp3) is 0.538. The Hall–Kier alpha value is -9.96. The second-order valence-corrected chi connectivity index (χ2v) is 29.6. The highest BCUT2D eigenvalue weighted by Gasteiger charge is 2.44. The summed E-state index contributed by atoms with van der Waals surface area (Å²) in [5.41, 5.74) is 14.3. The molecule has 16 N–H and O–H groups in total. The molecule has 28 nitrogen and oxygen atoms in total. The van der Waals surface area contributed by atoms with Gasteiger partial charge in [-0.05, 0) is 147 Å².